The molecule has 1 aliphatic heterocycles. The lowest BCUT2D eigenvalue weighted by molar-refractivity contribution is -0.145. The summed E-state index contributed by atoms with van der Waals surface area (Å²) < 4.78 is 0. The van der Waals surface area contributed by atoms with E-state index >= 15 is 0 Å². The van der Waals surface area contributed by atoms with Gasteiger partial charge < -0.3 is 5.73 Å². The molecule has 0 aromatic carbocycles. The molecule has 3 fully saturated rings. The highest BCUT2D eigenvalue weighted by Gasteiger charge is 2.53. The minimum absolute atomic E-state index is 0.0763. The van der Waals surface area contributed by atoms with Gasteiger partial charge in [-0.2, -0.15) is 0 Å². The van der Waals surface area contributed by atoms with Gasteiger partial charge in [-0.05, 0) is 38.5 Å². The van der Waals surface area contributed by atoms with Gasteiger partial charge in [-0.15, -0.1) is 0 Å². The predicted octanol–water partition coefficient (Wildman–Crippen LogP) is 1.97. The maximum atomic E-state index is 12.7. The van der Waals surface area contributed by atoms with E-state index in [-0.39, 0.29) is 29.3 Å². The molecule has 0 radical (unpaired) electrons. The maximum absolute atomic E-state index is 12.7. The lowest BCUT2D eigenvalue weighted by Gasteiger charge is -2.35. The topological polar surface area (TPSA) is 63.4 Å². The van der Waals surface area contributed by atoms with Crippen LogP contribution in [0.2, 0.25) is 0 Å². The molecule has 1 heterocycles. The van der Waals surface area contributed by atoms with E-state index in [1.807, 2.05) is 0 Å². The molecular formula is C15H24N2O2. The predicted molar refractivity (Wildman–Crippen MR) is 72.2 cm³/mol. The number of nitrogens with two attached hydrogens (primary N) is 1. The summed E-state index contributed by atoms with van der Waals surface area (Å²) in [5.74, 6) is 0.213. The lowest BCUT2D eigenvalue weighted by atomic mass is 9.73. The van der Waals surface area contributed by atoms with E-state index in [0.717, 1.165) is 51.4 Å². The van der Waals surface area contributed by atoms with E-state index in [2.05, 4.69) is 0 Å². The molecule has 19 heavy (non-hydrogen) atoms. The third-order valence-corrected chi connectivity index (χ3v) is 5.35. The normalized spacial score (nSPS) is 35.1. The molecule has 2 N–H and O–H groups in total. The van der Waals surface area contributed by atoms with E-state index in [1.54, 1.807) is 4.90 Å². The second kappa shape index (κ2) is 4.89. The van der Waals surface area contributed by atoms with Gasteiger partial charge in [-0.25, -0.2) is 0 Å². The van der Waals surface area contributed by atoms with Gasteiger partial charge >= 0.3 is 0 Å². The molecule has 2 saturated carbocycles. The number of likely N-dealkylation sites (tertiary alicyclic amines) is 1. The van der Waals surface area contributed by atoms with Crippen molar-refractivity contribution >= 4 is 11.8 Å². The molecule has 0 unspecified atom stereocenters. The first-order valence-corrected chi connectivity index (χ1v) is 7.74. The first kappa shape index (κ1) is 13.1. The number of carbonyl (C=O) groups is 2. The molecule has 0 atom stereocenters. The quantitative estimate of drug-likeness (QED) is 0.736. The Morgan fingerprint density at radius 1 is 1.00 bits per heavy atom. The Morgan fingerprint density at radius 3 is 2.26 bits per heavy atom. The standard InChI is InChI=1S/C15H24N2O2/c16-11-4-6-12(7-5-11)17-13(18)10-15(14(17)19)8-2-1-3-9-15/h11-12H,1-10,16H2. The van der Waals surface area contributed by atoms with E-state index in [9.17, 15) is 9.59 Å². The first-order valence-electron chi connectivity index (χ1n) is 7.74. The number of rotatable bonds is 1. The van der Waals surface area contributed by atoms with Crippen LogP contribution in [-0.2, 0) is 9.59 Å². The third kappa shape index (κ3) is 2.20. The molecular weight excluding hydrogens is 240 g/mol. The van der Waals surface area contributed by atoms with Crippen LogP contribution in [0.1, 0.15) is 64.2 Å². The third-order valence-electron chi connectivity index (χ3n) is 5.35. The summed E-state index contributed by atoms with van der Waals surface area (Å²) in [6.07, 6.45) is 9.38. The summed E-state index contributed by atoms with van der Waals surface area (Å²) in [6.45, 7) is 0. The van der Waals surface area contributed by atoms with Gasteiger partial charge in [0.15, 0.2) is 0 Å². The second-order valence-electron chi connectivity index (χ2n) is 6.66. The number of imide groups is 1. The van der Waals surface area contributed by atoms with Crippen LogP contribution in [0, 0.1) is 5.41 Å². The van der Waals surface area contributed by atoms with Crippen LogP contribution < -0.4 is 5.73 Å². The van der Waals surface area contributed by atoms with Gasteiger partial charge in [0.1, 0.15) is 0 Å². The van der Waals surface area contributed by atoms with Crippen molar-refractivity contribution in [1.29, 1.82) is 0 Å². The van der Waals surface area contributed by atoms with Crippen molar-refractivity contribution in [3.05, 3.63) is 0 Å². The largest absolute Gasteiger partial charge is 0.328 e. The highest BCUT2D eigenvalue weighted by Crippen LogP contribution is 2.46. The van der Waals surface area contributed by atoms with Crippen LogP contribution in [0.4, 0.5) is 0 Å². The Morgan fingerprint density at radius 2 is 1.63 bits per heavy atom. The van der Waals surface area contributed by atoms with Crippen LogP contribution >= 0.6 is 0 Å². The highest BCUT2D eigenvalue weighted by atomic mass is 16.2. The molecule has 106 valence electrons. The Labute approximate surface area is 114 Å². The molecule has 0 aromatic heterocycles. The van der Waals surface area contributed by atoms with Gasteiger partial charge in [0, 0.05) is 18.5 Å². The Bertz CT molecular complexity index is 380. The SMILES string of the molecule is NC1CCC(N2C(=O)CC3(CCCCC3)C2=O)CC1. The zero-order valence-electron chi connectivity index (χ0n) is 11.6. The fourth-order valence-corrected chi connectivity index (χ4v) is 4.17. The molecule has 1 spiro atoms. The van der Waals surface area contributed by atoms with E-state index in [4.69, 9.17) is 5.73 Å². The maximum Gasteiger partial charge on any atom is 0.236 e. The number of hydrogen-bond acceptors (Lipinski definition) is 3. The van der Waals surface area contributed by atoms with Crippen LogP contribution in [0.15, 0.2) is 0 Å². The number of hydrogen-bond donors (Lipinski definition) is 1. The van der Waals surface area contributed by atoms with Gasteiger partial charge in [0.2, 0.25) is 11.8 Å². The van der Waals surface area contributed by atoms with Crippen LogP contribution in [0.25, 0.3) is 0 Å². The fraction of sp³-hybridized carbons (Fsp3) is 0.867. The molecule has 2 aliphatic carbocycles. The molecule has 4 heteroatoms. The molecule has 3 rings (SSSR count). The monoisotopic (exact) mass is 264 g/mol. The van der Waals surface area contributed by atoms with Crippen LogP contribution in [-0.4, -0.2) is 28.8 Å². The zero-order chi connectivity index (χ0) is 13.5. The summed E-state index contributed by atoms with van der Waals surface area (Å²) in [6, 6.07) is 0.383. The summed E-state index contributed by atoms with van der Waals surface area (Å²) in [5.41, 5.74) is 5.59. The van der Waals surface area contributed by atoms with Gasteiger partial charge in [-0.1, -0.05) is 19.3 Å². The van der Waals surface area contributed by atoms with E-state index < -0.39 is 0 Å². The number of carbonyl (C=O) groups excluding carboxylic acids is 2. The molecule has 0 bridgehead atoms. The summed E-state index contributed by atoms with van der Waals surface area (Å²) >= 11 is 0. The molecule has 1 saturated heterocycles. The van der Waals surface area contributed by atoms with E-state index in [1.165, 1.54) is 6.42 Å². The average molecular weight is 264 g/mol. The fourth-order valence-electron chi connectivity index (χ4n) is 4.17. The van der Waals surface area contributed by atoms with Crippen LogP contribution in [0.3, 0.4) is 0 Å². The van der Waals surface area contributed by atoms with Crippen LogP contribution in [0.5, 0.6) is 0 Å². The van der Waals surface area contributed by atoms with Crippen molar-refractivity contribution in [2.45, 2.75) is 76.3 Å². The zero-order valence-corrected chi connectivity index (χ0v) is 11.6. The van der Waals surface area contributed by atoms with E-state index in [0.29, 0.717) is 6.42 Å². The highest BCUT2D eigenvalue weighted by molar-refractivity contribution is 6.06. The van der Waals surface area contributed by atoms with Crippen molar-refractivity contribution in [2.24, 2.45) is 11.1 Å². The Kier molecular flexibility index (Phi) is 3.37. The number of amides is 2. The average Bonchev–Trinajstić information content (AvgIpc) is 2.64. The van der Waals surface area contributed by atoms with Crippen molar-refractivity contribution in [1.82, 2.24) is 4.90 Å². The Hall–Kier alpha value is -0.900. The number of nitrogens with zero attached hydrogens (tertiary/aromatic N) is 1. The van der Waals surface area contributed by atoms with Gasteiger partial charge in [0.25, 0.3) is 0 Å². The molecule has 3 aliphatic rings. The second-order valence-corrected chi connectivity index (χ2v) is 6.66. The first-order chi connectivity index (χ1) is 9.12. The van der Waals surface area contributed by atoms with Crippen molar-refractivity contribution in [3.63, 3.8) is 0 Å². The smallest absolute Gasteiger partial charge is 0.236 e. The summed E-state index contributed by atoms with van der Waals surface area (Å²) in [5, 5.41) is 0. The minimum Gasteiger partial charge on any atom is -0.328 e. The molecule has 0 aromatic rings. The summed E-state index contributed by atoms with van der Waals surface area (Å²) in [4.78, 5) is 26.7. The summed E-state index contributed by atoms with van der Waals surface area (Å²) in [7, 11) is 0. The lowest BCUT2D eigenvalue weighted by Crippen LogP contribution is -2.46. The van der Waals surface area contributed by atoms with Gasteiger partial charge in [-0.3, -0.25) is 14.5 Å². The van der Waals surface area contributed by atoms with Gasteiger partial charge in [0.05, 0.1) is 5.41 Å². The van der Waals surface area contributed by atoms with Crippen molar-refractivity contribution in [3.8, 4) is 0 Å². The minimum atomic E-state index is -0.325. The molecule has 4 nitrogen and oxygen atoms in total. The molecule has 2 amide bonds. The van der Waals surface area contributed by atoms with Crippen molar-refractivity contribution in [2.75, 3.05) is 0 Å². The Balaban J connectivity index is 1.75. The van der Waals surface area contributed by atoms with Crippen molar-refractivity contribution < 1.29 is 9.59 Å².